The van der Waals surface area contributed by atoms with Gasteiger partial charge in [0, 0.05) is 0 Å². The lowest BCUT2D eigenvalue weighted by Crippen LogP contribution is -2.23. The predicted molar refractivity (Wildman–Crippen MR) is 88.1 cm³/mol. The van der Waals surface area contributed by atoms with Crippen molar-refractivity contribution in [3.05, 3.63) is 79.3 Å². The van der Waals surface area contributed by atoms with E-state index in [2.05, 4.69) is 26.2 Å². The Hall–Kier alpha value is -2.00. The Morgan fingerprint density at radius 3 is 2.30 bits per heavy atom. The summed E-state index contributed by atoms with van der Waals surface area (Å²) in [5, 5.41) is 0. The molecule has 0 amide bonds. The van der Waals surface area contributed by atoms with Crippen LogP contribution in [0.2, 0.25) is 19.6 Å². The van der Waals surface area contributed by atoms with Crippen LogP contribution < -0.4 is 4.74 Å². The molecule has 0 aliphatic carbocycles. The maximum absolute atomic E-state index is 5.70. The minimum atomic E-state index is -1.55. The van der Waals surface area contributed by atoms with Gasteiger partial charge in [-0.05, 0) is 43.9 Å². The third-order valence-electron chi connectivity index (χ3n) is 2.08. The first-order valence-corrected chi connectivity index (χ1v) is 9.98. The van der Waals surface area contributed by atoms with Crippen LogP contribution in [0.25, 0.3) is 0 Å². The Morgan fingerprint density at radius 2 is 1.65 bits per heavy atom. The third-order valence-corrected chi connectivity index (χ3v) is 2.95. The molecule has 0 aliphatic rings. The second-order valence-electron chi connectivity index (χ2n) is 5.18. The second-order valence-corrected chi connectivity index (χ2v) is 9.61. The smallest absolute Gasteiger partial charge is 0.242 e. The molecule has 0 N–H and O–H groups in total. The van der Waals surface area contributed by atoms with Crippen molar-refractivity contribution in [2.24, 2.45) is 0 Å². The molecule has 1 rings (SSSR count). The molecule has 0 heterocycles. The van der Waals surface area contributed by atoms with E-state index in [1.54, 1.807) is 6.26 Å². The van der Waals surface area contributed by atoms with E-state index < -0.39 is 8.32 Å². The molecular formula is C17H22O2Si. The molecule has 2 nitrogen and oxygen atoms in total. The van der Waals surface area contributed by atoms with E-state index in [0.717, 1.165) is 5.75 Å². The standard InChI is InChI=1S/C17H22O2Si/c1-16(19-20(2,3)4)12-8-5-6-11-15-18-17-13-9-7-10-14-17/h5-15H,1H2,2-4H3/b6-5+,12-8+,15-11+. The van der Waals surface area contributed by atoms with E-state index in [-0.39, 0.29) is 0 Å². The highest BCUT2D eigenvalue weighted by molar-refractivity contribution is 6.70. The number of benzene rings is 1. The Labute approximate surface area is 122 Å². The molecule has 3 heteroatoms. The van der Waals surface area contributed by atoms with Gasteiger partial charge in [0.25, 0.3) is 0 Å². The number of hydrogen-bond acceptors (Lipinski definition) is 2. The summed E-state index contributed by atoms with van der Waals surface area (Å²) in [6, 6.07) is 9.64. The molecule has 106 valence electrons. The summed E-state index contributed by atoms with van der Waals surface area (Å²) in [4.78, 5) is 0. The Kier molecular flexibility index (Phi) is 6.60. The Balaban J connectivity index is 2.30. The minimum absolute atomic E-state index is 0.707. The van der Waals surface area contributed by atoms with E-state index in [1.807, 2.05) is 60.7 Å². The molecule has 1 aromatic rings. The largest absolute Gasteiger partial charge is 0.545 e. The summed E-state index contributed by atoms with van der Waals surface area (Å²) in [5.41, 5.74) is 0. The van der Waals surface area contributed by atoms with Gasteiger partial charge >= 0.3 is 0 Å². The van der Waals surface area contributed by atoms with Gasteiger partial charge in [0.1, 0.15) is 5.75 Å². The van der Waals surface area contributed by atoms with Crippen molar-refractivity contribution < 1.29 is 9.16 Å². The van der Waals surface area contributed by atoms with E-state index in [1.165, 1.54) is 0 Å². The molecule has 20 heavy (non-hydrogen) atoms. The maximum Gasteiger partial charge on any atom is 0.242 e. The molecule has 0 atom stereocenters. The van der Waals surface area contributed by atoms with Crippen LogP contribution >= 0.6 is 0 Å². The van der Waals surface area contributed by atoms with Gasteiger partial charge in [0.2, 0.25) is 8.32 Å². The molecule has 0 spiro atoms. The lowest BCUT2D eigenvalue weighted by atomic mass is 10.3. The van der Waals surface area contributed by atoms with Gasteiger partial charge in [-0.25, -0.2) is 0 Å². The first kappa shape index (κ1) is 16.1. The number of hydrogen-bond donors (Lipinski definition) is 0. The van der Waals surface area contributed by atoms with E-state index in [9.17, 15) is 0 Å². The van der Waals surface area contributed by atoms with Crippen LogP contribution in [0.5, 0.6) is 5.75 Å². The SMILES string of the molecule is C=C(/C=C/C=C/C=C/Oc1ccccc1)O[Si](C)(C)C. The molecule has 0 radical (unpaired) electrons. The van der Waals surface area contributed by atoms with Crippen LogP contribution in [0.1, 0.15) is 0 Å². The van der Waals surface area contributed by atoms with Crippen molar-refractivity contribution in [2.75, 3.05) is 0 Å². The summed E-state index contributed by atoms with van der Waals surface area (Å²) in [5.74, 6) is 1.53. The van der Waals surface area contributed by atoms with Gasteiger partial charge in [-0.2, -0.15) is 0 Å². The van der Waals surface area contributed by atoms with Gasteiger partial charge in [-0.3, -0.25) is 0 Å². The summed E-state index contributed by atoms with van der Waals surface area (Å²) in [6.45, 7) is 10.3. The molecule has 0 unspecified atom stereocenters. The van der Waals surface area contributed by atoms with Crippen LogP contribution in [0.3, 0.4) is 0 Å². The first-order chi connectivity index (χ1) is 9.47. The van der Waals surface area contributed by atoms with Crippen LogP contribution in [0, 0.1) is 0 Å². The van der Waals surface area contributed by atoms with Crippen molar-refractivity contribution in [3.63, 3.8) is 0 Å². The molecule has 0 saturated carbocycles. The highest BCUT2D eigenvalue weighted by atomic mass is 28.4. The molecule has 0 bridgehead atoms. The Morgan fingerprint density at radius 1 is 1.00 bits per heavy atom. The molecule has 1 aromatic carbocycles. The van der Waals surface area contributed by atoms with Crippen LogP contribution in [-0.2, 0) is 4.43 Å². The monoisotopic (exact) mass is 286 g/mol. The van der Waals surface area contributed by atoms with Crippen LogP contribution in [-0.4, -0.2) is 8.32 Å². The second kappa shape index (κ2) is 8.22. The van der Waals surface area contributed by atoms with Crippen LogP contribution in [0.15, 0.2) is 79.3 Å². The van der Waals surface area contributed by atoms with E-state index in [4.69, 9.17) is 9.16 Å². The molecule has 0 fully saturated rings. The predicted octanol–water partition coefficient (Wildman–Crippen LogP) is 5.06. The lowest BCUT2D eigenvalue weighted by Gasteiger charge is -2.18. The van der Waals surface area contributed by atoms with Gasteiger partial charge in [0.05, 0.1) is 12.0 Å². The average molecular weight is 286 g/mol. The summed E-state index contributed by atoms with van der Waals surface area (Å²) >= 11 is 0. The van der Waals surface area contributed by atoms with E-state index >= 15 is 0 Å². The van der Waals surface area contributed by atoms with Gasteiger partial charge < -0.3 is 9.16 Å². The first-order valence-electron chi connectivity index (χ1n) is 6.57. The highest BCUT2D eigenvalue weighted by Gasteiger charge is 2.15. The summed E-state index contributed by atoms with van der Waals surface area (Å²) in [7, 11) is -1.55. The number of para-hydroxylation sites is 1. The fourth-order valence-electron chi connectivity index (χ4n) is 1.38. The van der Waals surface area contributed by atoms with E-state index in [0.29, 0.717) is 5.76 Å². The summed E-state index contributed by atoms with van der Waals surface area (Å²) < 4.78 is 11.1. The van der Waals surface area contributed by atoms with Crippen LogP contribution in [0.4, 0.5) is 0 Å². The highest BCUT2D eigenvalue weighted by Crippen LogP contribution is 2.10. The normalized spacial score (nSPS) is 12.3. The maximum atomic E-state index is 5.70. The minimum Gasteiger partial charge on any atom is -0.545 e. The van der Waals surface area contributed by atoms with Gasteiger partial charge in [-0.15, -0.1) is 0 Å². The molecule has 0 aliphatic heterocycles. The molecular weight excluding hydrogens is 264 g/mol. The third kappa shape index (κ3) is 8.16. The molecule has 0 saturated heterocycles. The van der Waals surface area contributed by atoms with Gasteiger partial charge in [0.15, 0.2) is 0 Å². The zero-order chi connectivity index (χ0) is 14.8. The van der Waals surface area contributed by atoms with Crippen molar-refractivity contribution >= 4 is 8.32 Å². The Bertz CT molecular complexity index is 493. The van der Waals surface area contributed by atoms with Crippen molar-refractivity contribution in [2.45, 2.75) is 19.6 Å². The van der Waals surface area contributed by atoms with Crippen molar-refractivity contribution in [1.29, 1.82) is 0 Å². The van der Waals surface area contributed by atoms with Crippen molar-refractivity contribution in [3.8, 4) is 5.75 Å². The summed E-state index contributed by atoms with van der Waals surface area (Å²) in [6.07, 6.45) is 11.0. The fraction of sp³-hybridized carbons (Fsp3) is 0.176. The topological polar surface area (TPSA) is 18.5 Å². The van der Waals surface area contributed by atoms with Gasteiger partial charge in [-0.1, -0.05) is 43.0 Å². The zero-order valence-corrected chi connectivity index (χ0v) is 13.4. The fourth-order valence-corrected chi connectivity index (χ4v) is 2.24. The number of rotatable bonds is 7. The molecule has 0 aromatic heterocycles. The average Bonchev–Trinajstić information content (AvgIpc) is 2.37. The quantitative estimate of drug-likeness (QED) is 0.396. The number of allylic oxidation sites excluding steroid dienone is 5. The van der Waals surface area contributed by atoms with Crippen molar-refractivity contribution in [1.82, 2.24) is 0 Å². The number of ether oxygens (including phenoxy) is 1. The lowest BCUT2D eigenvalue weighted by molar-refractivity contribution is 0.444. The zero-order valence-electron chi connectivity index (χ0n) is 12.4.